The van der Waals surface area contributed by atoms with Gasteiger partial charge < -0.3 is 14.7 Å². The molecule has 0 spiro atoms. The van der Waals surface area contributed by atoms with Crippen molar-refractivity contribution in [2.24, 2.45) is 5.92 Å². The summed E-state index contributed by atoms with van der Waals surface area (Å²) in [4.78, 5) is 25.6. The minimum Gasteiger partial charge on any atom is -0.481 e. The van der Waals surface area contributed by atoms with Crippen molar-refractivity contribution >= 4 is 11.9 Å². The predicted octanol–water partition coefficient (Wildman–Crippen LogP) is 1.88. The number of carboxylic acids is 1. The van der Waals surface area contributed by atoms with E-state index < -0.39 is 12.1 Å². The highest BCUT2D eigenvalue weighted by Crippen LogP contribution is 2.43. The zero-order valence-electron chi connectivity index (χ0n) is 12.5. The molecule has 1 N–H and O–H groups in total. The van der Waals surface area contributed by atoms with Crippen LogP contribution in [-0.4, -0.2) is 47.7 Å². The van der Waals surface area contributed by atoms with Crippen LogP contribution in [0.3, 0.4) is 0 Å². The standard InChI is InChI=1S/C17H21NO4/c19-15(20)10-14-11-18(8-9-22-14)17(21)16(13-6-7-13)12-4-2-1-3-5-12/h1-5,13-14,16H,6-11H2,(H,19,20). The van der Waals surface area contributed by atoms with Gasteiger partial charge in [0, 0.05) is 13.1 Å². The zero-order chi connectivity index (χ0) is 15.5. The number of hydrogen-bond acceptors (Lipinski definition) is 3. The molecule has 1 aromatic rings. The van der Waals surface area contributed by atoms with Crippen molar-refractivity contribution in [3.8, 4) is 0 Å². The molecule has 1 aromatic carbocycles. The molecule has 0 bridgehead atoms. The van der Waals surface area contributed by atoms with E-state index >= 15 is 0 Å². The molecule has 2 fully saturated rings. The molecule has 5 nitrogen and oxygen atoms in total. The van der Waals surface area contributed by atoms with Crippen LogP contribution < -0.4 is 0 Å². The van der Waals surface area contributed by atoms with Gasteiger partial charge in [0.1, 0.15) is 0 Å². The lowest BCUT2D eigenvalue weighted by molar-refractivity contribution is -0.148. The largest absolute Gasteiger partial charge is 0.481 e. The van der Waals surface area contributed by atoms with Crippen LogP contribution in [0.4, 0.5) is 0 Å². The Balaban J connectivity index is 1.72. The van der Waals surface area contributed by atoms with E-state index in [0.717, 1.165) is 18.4 Å². The minimum absolute atomic E-state index is 0.0524. The Kier molecular flexibility index (Phi) is 4.43. The van der Waals surface area contributed by atoms with Gasteiger partial charge in [-0.25, -0.2) is 0 Å². The summed E-state index contributed by atoms with van der Waals surface area (Å²) in [6.45, 7) is 1.34. The first-order valence-corrected chi connectivity index (χ1v) is 7.82. The van der Waals surface area contributed by atoms with Crippen LogP contribution in [0.2, 0.25) is 0 Å². The molecule has 2 aliphatic rings. The van der Waals surface area contributed by atoms with E-state index in [9.17, 15) is 9.59 Å². The normalized spacial score (nSPS) is 23.1. The quantitative estimate of drug-likeness (QED) is 0.902. The molecule has 5 heteroatoms. The van der Waals surface area contributed by atoms with Crippen molar-refractivity contribution in [2.75, 3.05) is 19.7 Å². The van der Waals surface area contributed by atoms with Gasteiger partial charge in [-0.05, 0) is 24.3 Å². The van der Waals surface area contributed by atoms with E-state index in [0.29, 0.717) is 25.6 Å². The average molecular weight is 303 g/mol. The van der Waals surface area contributed by atoms with Crippen molar-refractivity contribution in [2.45, 2.75) is 31.3 Å². The van der Waals surface area contributed by atoms with Crippen LogP contribution in [0.5, 0.6) is 0 Å². The number of rotatable bonds is 5. The molecule has 0 radical (unpaired) electrons. The lowest BCUT2D eigenvalue weighted by Crippen LogP contribution is -2.48. The Morgan fingerprint density at radius 1 is 1.27 bits per heavy atom. The number of morpholine rings is 1. The highest BCUT2D eigenvalue weighted by Gasteiger charge is 2.40. The fourth-order valence-electron chi connectivity index (χ4n) is 3.14. The number of amides is 1. The van der Waals surface area contributed by atoms with Gasteiger partial charge in [0.25, 0.3) is 0 Å². The molecule has 0 aromatic heterocycles. The van der Waals surface area contributed by atoms with E-state index in [-0.39, 0.29) is 18.2 Å². The Bertz CT molecular complexity index is 541. The summed E-state index contributed by atoms with van der Waals surface area (Å²) < 4.78 is 5.46. The third kappa shape index (κ3) is 3.47. The van der Waals surface area contributed by atoms with Gasteiger partial charge in [-0.15, -0.1) is 0 Å². The Hall–Kier alpha value is -1.88. The van der Waals surface area contributed by atoms with E-state index in [1.807, 2.05) is 30.3 Å². The number of hydrogen-bond donors (Lipinski definition) is 1. The Labute approximate surface area is 129 Å². The summed E-state index contributed by atoms with van der Waals surface area (Å²) in [6, 6.07) is 9.90. The minimum atomic E-state index is -0.888. The van der Waals surface area contributed by atoms with Gasteiger partial charge in [-0.2, -0.15) is 0 Å². The van der Waals surface area contributed by atoms with Gasteiger partial charge in [-0.3, -0.25) is 9.59 Å². The maximum atomic E-state index is 12.9. The molecule has 1 aliphatic heterocycles. The summed E-state index contributed by atoms with van der Waals surface area (Å²) in [5, 5.41) is 8.89. The highest BCUT2D eigenvalue weighted by molar-refractivity contribution is 5.84. The third-order valence-corrected chi connectivity index (χ3v) is 4.37. The summed E-state index contributed by atoms with van der Waals surface area (Å²) in [5.74, 6) is -0.436. The van der Waals surface area contributed by atoms with E-state index in [2.05, 4.69) is 0 Å². The fraction of sp³-hybridized carbons (Fsp3) is 0.529. The van der Waals surface area contributed by atoms with Crippen LogP contribution in [0.1, 0.15) is 30.7 Å². The predicted molar refractivity (Wildman–Crippen MR) is 80.5 cm³/mol. The van der Waals surface area contributed by atoms with Crippen molar-refractivity contribution in [3.05, 3.63) is 35.9 Å². The third-order valence-electron chi connectivity index (χ3n) is 4.37. The maximum Gasteiger partial charge on any atom is 0.306 e. The first-order valence-electron chi connectivity index (χ1n) is 7.82. The Morgan fingerprint density at radius 2 is 2.00 bits per heavy atom. The lowest BCUT2D eigenvalue weighted by atomic mass is 9.92. The lowest BCUT2D eigenvalue weighted by Gasteiger charge is -2.34. The molecule has 1 saturated heterocycles. The average Bonchev–Trinajstić information content (AvgIpc) is 3.33. The SMILES string of the molecule is O=C(O)CC1CN(C(=O)C(c2ccccc2)C2CC2)CCO1. The monoisotopic (exact) mass is 303 g/mol. The molecule has 1 aliphatic carbocycles. The van der Waals surface area contributed by atoms with Crippen LogP contribution in [0, 0.1) is 5.92 Å². The van der Waals surface area contributed by atoms with Crippen LogP contribution >= 0.6 is 0 Å². The number of benzene rings is 1. The maximum absolute atomic E-state index is 12.9. The zero-order valence-corrected chi connectivity index (χ0v) is 12.5. The van der Waals surface area contributed by atoms with E-state index in [4.69, 9.17) is 9.84 Å². The van der Waals surface area contributed by atoms with Crippen LogP contribution in [-0.2, 0) is 14.3 Å². The van der Waals surface area contributed by atoms with Gasteiger partial charge in [0.05, 0.1) is 25.0 Å². The van der Waals surface area contributed by atoms with Crippen molar-refractivity contribution in [1.82, 2.24) is 4.90 Å². The van der Waals surface area contributed by atoms with Gasteiger partial charge in [0.2, 0.25) is 5.91 Å². The molecule has 3 rings (SSSR count). The second-order valence-electron chi connectivity index (χ2n) is 6.10. The van der Waals surface area contributed by atoms with Gasteiger partial charge in [-0.1, -0.05) is 30.3 Å². The number of carbonyl (C=O) groups is 2. The van der Waals surface area contributed by atoms with E-state index in [1.165, 1.54) is 0 Å². The van der Waals surface area contributed by atoms with Crippen molar-refractivity contribution in [1.29, 1.82) is 0 Å². The molecular formula is C17H21NO4. The Morgan fingerprint density at radius 3 is 2.64 bits per heavy atom. The first kappa shape index (κ1) is 15.0. The molecule has 22 heavy (non-hydrogen) atoms. The van der Waals surface area contributed by atoms with E-state index in [1.54, 1.807) is 4.90 Å². The number of carboxylic acid groups (broad SMARTS) is 1. The molecule has 2 unspecified atom stereocenters. The highest BCUT2D eigenvalue weighted by atomic mass is 16.5. The summed E-state index contributed by atoms with van der Waals surface area (Å²) in [7, 11) is 0. The van der Waals surface area contributed by atoms with Crippen LogP contribution in [0.25, 0.3) is 0 Å². The molecule has 2 atom stereocenters. The summed E-state index contributed by atoms with van der Waals surface area (Å²) >= 11 is 0. The van der Waals surface area contributed by atoms with Crippen molar-refractivity contribution in [3.63, 3.8) is 0 Å². The number of ether oxygens (including phenoxy) is 1. The number of carbonyl (C=O) groups excluding carboxylic acids is 1. The van der Waals surface area contributed by atoms with Gasteiger partial charge in [0.15, 0.2) is 0 Å². The van der Waals surface area contributed by atoms with Gasteiger partial charge >= 0.3 is 5.97 Å². The number of nitrogens with zero attached hydrogens (tertiary/aromatic N) is 1. The summed E-state index contributed by atoms with van der Waals surface area (Å²) in [6.07, 6.45) is 1.73. The first-order chi connectivity index (χ1) is 10.6. The molecule has 1 amide bonds. The smallest absolute Gasteiger partial charge is 0.306 e. The van der Waals surface area contributed by atoms with Crippen LogP contribution in [0.15, 0.2) is 30.3 Å². The second kappa shape index (κ2) is 6.48. The molecule has 118 valence electrons. The molecule has 1 heterocycles. The number of aliphatic carboxylic acids is 1. The summed E-state index contributed by atoms with van der Waals surface area (Å²) in [5.41, 5.74) is 1.07. The molecular weight excluding hydrogens is 282 g/mol. The van der Waals surface area contributed by atoms with Crippen molar-refractivity contribution < 1.29 is 19.4 Å². The molecule has 1 saturated carbocycles. The topological polar surface area (TPSA) is 66.8 Å². The fourth-order valence-corrected chi connectivity index (χ4v) is 3.14. The second-order valence-corrected chi connectivity index (χ2v) is 6.10.